The third kappa shape index (κ3) is 4.56. The molecule has 1 saturated carbocycles. The maximum atomic E-state index is 13.5. The van der Waals surface area contributed by atoms with E-state index in [0.29, 0.717) is 31.0 Å². The lowest BCUT2D eigenvalue weighted by Crippen LogP contribution is -2.27. The molecule has 2 N–H and O–H groups in total. The Balaban J connectivity index is 1.68. The summed E-state index contributed by atoms with van der Waals surface area (Å²) in [5.41, 5.74) is 0.439. The van der Waals surface area contributed by atoms with Crippen molar-refractivity contribution in [2.24, 2.45) is 0 Å². The first-order valence-electron chi connectivity index (χ1n) is 7.04. The van der Waals surface area contributed by atoms with Crippen LogP contribution in [0, 0.1) is 11.6 Å². The topological polar surface area (TPSA) is 41.1 Å². The van der Waals surface area contributed by atoms with Crippen molar-refractivity contribution >= 4 is 5.91 Å². The van der Waals surface area contributed by atoms with E-state index in [1.165, 1.54) is 12.1 Å². The van der Waals surface area contributed by atoms with Crippen LogP contribution in [-0.2, 0) is 4.79 Å². The van der Waals surface area contributed by atoms with Crippen LogP contribution in [0.1, 0.15) is 44.2 Å². The van der Waals surface area contributed by atoms with Crippen molar-refractivity contribution in [3.05, 3.63) is 35.4 Å². The third-order valence-electron chi connectivity index (χ3n) is 3.40. The molecule has 0 aliphatic heterocycles. The molecule has 1 fully saturated rings. The first-order chi connectivity index (χ1) is 9.56. The smallest absolute Gasteiger partial charge is 0.220 e. The molecule has 1 atom stereocenters. The highest BCUT2D eigenvalue weighted by molar-refractivity contribution is 5.76. The number of hydrogen-bond acceptors (Lipinski definition) is 2. The maximum Gasteiger partial charge on any atom is 0.220 e. The molecule has 1 aliphatic carbocycles. The Morgan fingerprint density at radius 2 is 2.15 bits per heavy atom. The van der Waals surface area contributed by atoms with E-state index in [-0.39, 0.29) is 11.9 Å². The molecule has 1 unspecified atom stereocenters. The van der Waals surface area contributed by atoms with Gasteiger partial charge in [-0.3, -0.25) is 4.79 Å². The van der Waals surface area contributed by atoms with E-state index in [2.05, 4.69) is 10.6 Å². The minimum atomic E-state index is -0.574. The van der Waals surface area contributed by atoms with Gasteiger partial charge in [0.15, 0.2) is 0 Å². The van der Waals surface area contributed by atoms with Gasteiger partial charge in [-0.15, -0.1) is 0 Å². The highest BCUT2D eigenvalue weighted by Crippen LogP contribution is 2.19. The molecular formula is C15H20F2N2O. The lowest BCUT2D eigenvalue weighted by atomic mass is 10.1. The molecule has 1 aromatic rings. The van der Waals surface area contributed by atoms with Crippen molar-refractivity contribution in [3.8, 4) is 0 Å². The Kier molecular flexibility index (Phi) is 5.06. The van der Waals surface area contributed by atoms with Crippen LogP contribution in [0.15, 0.2) is 18.2 Å². The van der Waals surface area contributed by atoms with Gasteiger partial charge in [-0.05, 0) is 38.8 Å². The second-order valence-corrected chi connectivity index (χ2v) is 5.29. The standard InChI is InChI=1S/C15H20F2N2O/c1-10(13-7-4-11(16)9-14(13)17)18-8-2-3-15(20)19-12-5-6-12/h4,7,9-10,12,18H,2-3,5-6,8H2,1H3,(H,19,20). The van der Waals surface area contributed by atoms with E-state index in [9.17, 15) is 13.6 Å². The van der Waals surface area contributed by atoms with Crippen LogP contribution in [-0.4, -0.2) is 18.5 Å². The third-order valence-corrected chi connectivity index (χ3v) is 3.40. The molecule has 110 valence electrons. The number of nitrogens with one attached hydrogen (secondary N) is 2. The van der Waals surface area contributed by atoms with Gasteiger partial charge in [-0.2, -0.15) is 0 Å². The quantitative estimate of drug-likeness (QED) is 0.755. The molecule has 20 heavy (non-hydrogen) atoms. The molecule has 1 amide bonds. The van der Waals surface area contributed by atoms with Gasteiger partial charge in [0.2, 0.25) is 5.91 Å². The molecule has 1 aromatic carbocycles. The highest BCUT2D eigenvalue weighted by atomic mass is 19.1. The summed E-state index contributed by atoms with van der Waals surface area (Å²) in [6.07, 6.45) is 3.35. The van der Waals surface area contributed by atoms with Crippen LogP contribution < -0.4 is 10.6 Å². The first kappa shape index (κ1) is 14.9. The average Bonchev–Trinajstić information content (AvgIpc) is 3.18. The number of amides is 1. The minimum absolute atomic E-state index is 0.0786. The van der Waals surface area contributed by atoms with Gasteiger partial charge in [0.1, 0.15) is 11.6 Å². The highest BCUT2D eigenvalue weighted by Gasteiger charge is 2.22. The van der Waals surface area contributed by atoms with Crippen LogP contribution in [0.3, 0.4) is 0 Å². The second-order valence-electron chi connectivity index (χ2n) is 5.29. The summed E-state index contributed by atoms with van der Waals surface area (Å²) in [6.45, 7) is 2.44. The molecule has 0 saturated heterocycles. The van der Waals surface area contributed by atoms with Crippen LogP contribution >= 0.6 is 0 Å². The number of carbonyl (C=O) groups excluding carboxylic acids is 1. The second kappa shape index (κ2) is 6.79. The summed E-state index contributed by atoms with van der Waals surface area (Å²) in [5, 5.41) is 6.06. The van der Waals surface area contributed by atoms with E-state index >= 15 is 0 Å². The summed E-state index contributed by atoms with van der Waals surface area (Å²) in [5.74, 6) is -1.04. The number of halogens is 2. The minimum Gasteiger partial charge on any atom is -0.353 e. The zero-order valence-electron chi connectivity index (χ0n) is 11.6. The van der Waals surface area contributed by atoms with Gasteiger partial charge in [-0.25, -0.2) is 8.78 Å². The van der Waals surface area contributed by atoms with Crippen molar-refractivity contribution < 1.29 is 13.6 Å². The van der Waals surface area contributed by atoms with Crippen molar-refractivity contribution in [3.63, 3.8) is 0 Å². The van der Waals surface area contributed by atoms with Crippen molar-refractivity contribution in [2.75, 3.05) is 6.54 Å². The summed E-state index contributed by atoms with van der Waals surface area (Å²) in [7, 11) is 0. The fourth-order valence-electron chi connectivity index (χ4n) is 2.06. The van der Waals surface area contributed by atoms with Crippen molar-refractivity contribution in [1.29, 1.82) is 0 Å². The Hall–Kier alpha value is -1.49. The molecule has 1 aliphatic rings. The van der Waals surface area contributed by atoms with Crippen LogP contribution in [0.25, 0.3) is 0 Å². The largest absolute Gasteiger partial charge is 0.353 e. The van der Waals surface area contributed by atoms with Crippen molar-refractivity contribution in [1.82, 2.24) is 10.6 Å². The fourth-order valence-corrected chi connectivity index (χ4v) is 2.06. The van der Waals surface area contributed by atoms with Gasteiger partial charge in [-0.1, -0.05) is 6.07 Å². The number of hydrogen-bond donors (Lipinski definition) is 2. The van der Waals surface area contributed by atoms with Gasteiger partial charge < -0.3 is 10.6 Å². The molecule has 0 heterocycles. The van der Waals surface area contributed by atoms with Crippen LogP contribution in [0.5, 0.6) is 0 Å². The number of rotatable bonds is 7. The van der Waals surface area contributed by atoms with Crippen molar-refractivity contribution in [2.45, 2.75) is 44.7 Å². The molecule has 0 aromatic heterocycles. The Labute approximate surface area is 117 Å². The Morgan fingerprint density at radius 1 is 1.40 bits per heavy atom. The molecule has 0 radical (unpaired) electrons. The SMILES string of the molecule is CC(NCCCC(=O)NC1CC1)c1ccc(F)cc1F. The van der Waals surface area contributed by atoms with E-state index in [4.69, 9.17) is 0 Å². The van der Waals surface area contributed by atoms with Crippen LogP contribution in [0.4, 0.5) is 8.78 Å². The summed E-state index contributed by atoms with van der Waals surface area (Å²) in [6, 6.07) is 3.77. The zero-order chi connectivity index (χ0) is 14.5. The Morgan fingerprint density at radius 3 is 2.80 bits per heavy atom. The molecular weight excluding hydrogens is 262 g/mol. The first-order valence-corrected chi connectivity index (χ1v) is 7.04. The summed E-state index contributed by atoms with van der Waals surface area (Å²) < 4.78 is 26.4. The van der Waals surface area contributed by atoms with Gasteiger partial charge >= 0.3 is 0 Å². The van der Waals surface area contributed by atoms with Gasteiger partial charge in [0.25, 0.3) is 0 Å². The molecule has 0 spiro atoms. The average molecular weight is 282 g/mol. The monoisotopic (exact) mass is 282 g/mol. The molecule has 5 heteroatoms. The van der Waals surface area contributed by atoms with Gasteiger partial charge in [0.05, 0.1) is 0 Å². The maximum absolute atomic E-state index is 13.5. The number of carbonyl (C=O) groups is 1. The zero-order valence-corrected chi connectivity index (χ0v) is 11.6. The lowest BCUT2D eigenvalue weighted by molar-refractivity contribution is -0.121. The predicted molar refractivity (Wildman–Crippen MR) is 73.2 cm³/mol. The summed E-state index contributed by atoms with van der Waals surface area (Å²) >= 11 is 0. The van der Waals surface area contributed by atoms with Crippen LogP contribution in [0.2, 0.25) is 0 Å². The normalized spacial score (nSPS) is 15.9. The molecule has 2 rings (SSSR count). The molecule has 0 bridgehead atoms. The summed E-state index contributed by atoms with van der Waals surface area (Å²) in [4.78, 5) is 11.5. The van der Waals surface area contributed by atoms with E-state index in [0.717, 1.165) is 18.9 Å². The lowest BCUT2D eigenvalue weighted by Gasteiger charge is -2.15. The van der Waals surface area contributed by atoms with Gasteiger partial charge in [0, 0.05) is 30.1 Å². The van der Waals surface area contributed by atoms with E-state index in [1.54, 1.807) is 0 Å². The van der Waals surface area contributed by atoms with E-state index < -0.39 is 11.6 Å². The fraction of sp³-hybridized carbons (Fsp3) is 0.533. The Bertz CT molecular complexity index is 475. The van der Waals surface area contributed by atoms with E-state index in [1.807, 2.05) is 6.92 Å². The number of benzene rings is 1. The predicted octanol–water partition coefficient (Wildman–Crippen LogP) is 2.67. The molecule has 3 nitrogen and oxygen atoms in total.